The van der Waals surface area contributed by atoms with Gasteiger partial charge in [0.2, 0.25) is 5.91 Å². The molecule has 132 valence electrons. The van der Waals surface area contributed by atoms with Gasteiger partial charge in [-0.3, -0.25) is 9.78 Å². The van der Waals surface area contributed by atoms with Gasteiger partial charge < -0.3 is 10.4 Å². The molecule has 1 aromatic heterocycles. The zero-order chi connectivity index (χ0) is 17.8. The minimum absolute atomic E-state index is 0.0224. The van der Waals surface area contributed by atoms with Crippen molar-refractivity contribution in [3.8, 4) is 12.3 Å². The number of carbonyl (C=O) groups is 1. The highest BCUT2D eigenvalue weighted by Crippen LogP contribution is 2.38. The van der Waals surface area contributed by atoms with Crippen molar-refractivity contribution >= 4 is 5.91 Å². The zero-order valence-corrected chi connectivity index (χ0v) is 14.3. The molecule has 25 heavy (non-hydrogen) atoms. The molecule has 0 radical (unpaired) electrons. The van der Waals surface area contributed by atoms with Gasteiger partial charge in [0.05, 0.1) is 5.60 Å². The van der Waals surface area contributed by atoms with E-state index in [0.29, 0.717) is 32.1 Å². The Bertz CT molecular complexity index is 666. The second-order valence-electron chi connectivity index (χ2n) is 7.00. The normalized spacial score (nSPS) is 26.6. The van der Waals surface area contributed by atoms with E-state index in [2.05, 4.69) is 26.4 Å². The van der Waals surface area contributed by atoms with Gasteiger partial charge >= 0.3 is 0 Å². The molecular formula is C19H24N4O2. The van der Waals surface area contributed by atoms with E-state index >= 15 is 0 Å². The van der Waals surface area contributed by atoms with Gasteiger partial charge in [-0.1, -0.05) is 6.07 Å². The summed E-state index contributed by atoms with van der Waals surface area (Å²) < 4.78 is 0. The third kappa shape index (κ3) is 4.43. The van der Waals surface area contributed by atoms with Crippen LogP contribution in [0.4, 0.5) is 0 Å². The van der Waals surface area contributed by atoms with Gasteiger partial charge in [-0.15, -0.1) is 12.3 Å². The molecule has 0 atom stereocenters. The molecule has 2 N–H and O–H groups in total. The molecule has 1 saturated carbocycles. The molecule has 0 spiro atoms. The maximum absolute atomic E-state index is 12.2. The van der Waals surface area contributed by atoms with Crippen LogP contribution in [0.1, 0.15) is 56.9 Å². The van der Waals surface area contributed by atoms with Crippen molar-refractivity contribution in [3.63, 3.8) is 0 Å². The average molecular weight is 340 g/mol. The van der Waals surface area contributed by atoms with Gasteiger partial charge in [-0.2, -0.15) is 10.2 Å². The largest absolute Gasteiger partial charge is 0.385 e. The van der Waals surface area contributed by atoms with E-state index in [-0.39, 0.29) is 11.9 Å². The Morgan fingerprint density at radius 2 is 2.12 bits per heavy atom. The summed E-state index contributed by atoms with van der Waals surface area (Å²) in [5, 5.41) is 22.0. The number of nitrogens with one attached hydrogen (secondary N) is 1. The van der Waals surface area contributed by atoms with Crippen LogP contribution in [-0.2, 0) is 10.4 Å². The molecule has 1 aromatic rings. The minimum Gasteiger partial charge on any atom is -0.385 e. The van der Waals surface area contributed by atoms with Gasteiger partial charge in [0.15, 0.2) is 5.66 Å². The fourth-order valence-corrected chi connectivity index (χ4v) is 3.45. The number of pyridine rings is 1. The lowest BCUT2D eigenvalue weighted by atomic mass is 9.78. The smallest absolute Gasteiger partial charge is 0.220 e. The van der Waals surface area contributed by atoms with Crippen molar-refractivity contribution in [2.45, 2.75) is 68.7 Å². The number of carbonyl (C=O) groups excluding carboxylic acids is 1. The molecule has 0 saturated heterocycles. The number of hydrogen-bond donors (Lipinski definition) is 2. The minimum atomic E-state index is -0.833. The Kier molecular flexibility index (Phi) is 5.14. The lowest BCUT2D eigenvalue weighted by Gasteiger charge is -2.36. The molecule has 0 bridgehead atoms. The van der Waals surface area contributed by atoms with Crippen molar-refractivity contribution in [2.24, 2.45) is 10.2 Å². The summed E-state index contributed by atoms with van der Waals surface area (Å²) in [5.41, 5.74) is -0.385. The second kappa shape index (κ2) is 7.32. The number of aliphatic hydroxyl groups is 1. The summed E-state index contributed by atoms with van der Waals surface area (Å²) in [4.78, 5) is 16.3. The van der Waals surface area contributed by atoms with Gasteiger partial charge in [0.25, 0.3) is 0 Å². The predicted octanol–water partition coefficient (Wildman–Crippen LogP) is 2.68. The zero-order valence-electron chi connectivity index (χ0n) is 14.3. The van der Waals surface area contributed by atoms with Gasteiger partial charge in [-0.25, -0.2) is 0 Å². The van der Waals surface area contributed by atoms with Crippen LogP contribution in [0.25, 0.3) is 0 Å². The quantitative estimate of drug-likeness (QED) is 0.748. The van der Waals surface area contributed by atoms with Crippen molar-refractivity contribution in [3.05, 3.63) is 30.1 Å². The van der Waals surface area contributed by atoms with E-state index in [1.165, 1.54) is 0 Å². The third-order valence-electron chi connectivity index (χ3n) is 5.18. The Labute approximate surface area is 148 Å². The Hall–Kier alpha value is -2.26. The van der Waals surface area contributed by atoms with E-state index in [9.17, 15) is 9.90 Å². The monoisotopic (exact) mass is 340 g/mol. The first kappa shape index (κ1) is 17.6. The van der Waals surface area contributed by atoms with Crippen LogP contribution < -0.4 is 5.32 Å². The Balaban J connectivity index is 1.42. The molecule has 2 aliphatic rings. The van der Waals surface area contributed by atoms with Crippen LogP contribution >= 0.6 is 0 Å². The highest BCUT2D eigenvalue weighted by atomic mass is 16.3. The van der Waals surface area contributed by atoms with E-state index in [0.717, 1.165) is 24.8 Å². The van der Waals surface area contributed by atoms with Crippen LogP contribution in [0.2, 0.25) is 0 Å². The predicted molar refractivity (Wildman–Crippen MR) is 93.4 cm³/mol. The summed E-state index contributed by atoms with van der Waals surface area (Å²) >= 11 is 0. The number of amides is 1. The lowest BCUT2D eigenvalue weighted by molar-refractivity contribution is -0.122. The SMILES string of the molecule is C#CCCC1(CCC(=O)NC2CCC(O)(c3cccnc3)CC2)N=N1. The molecule has 1 aliphatic heterocycles. The fourth-order valence-electron chi connectivity index (χ4n) is 3.45. The summed E-state index contributed by atoms with van der Waals surface area (Å²) in [5.74, 6) is 2.61. The first-order valence-electron chi connectivity index (χ1n) is 8.85. The molecule has 1 aliphatic carbocycles. The average Bonchev–Trinajstić information content (AvgIpc) is 3.42. The third-order valence-corrected chi connectivity index (χ3v) is 5.18. The summed E-state index contributed by atoms with van der Waals surface area (Å²) in [6, 6.07) is 3.86. The van der Waals surface area contributed by atoms with E-state index < -0.39 is 11.3 Å². The highest BCUT2D eigenvalue weighted by molar-refractivity contribution is 5.76. The molecule has 6 nitrogen and oxygen atoms in total. The van der Waals surface area contributed by atoms with Crippen molar-refractivity contribution in [2.75, 3.05) is 0 Å². The van der Waals surface area contributed by atoms with Crippen LogP contribution in [0.3, 0.4) is 0 Å². The van der Waals surface area contributed by atoms with Gasteiger partial charge in [0.1, 0.15) is 0 Å². The molecule has 6 heteroatoms. The molecule has 0 unspecified atom stereocenters. The molecule has 1 amide bonds. The summed E-state index contributed by atoms with van der Waals surface area (Å²) in [6.45, 7) is 0. The number of aromatic nitrogens is 1. The summed E-state index contributed by atoms with van der Waals surface area (Å²) in [7, 11) is 0. The topological polar surface area (TPSA) is 86.9 Å². The molecule has 1 fully saturated rings. The molecular weight excluding hydrogens is 316 g/mol. The van der Waals surface area contributed by atoms with E-state index in [1.54, 1.807) is 12.4 Å². The maximum atomic E-state index is 12.2. The highest BCUT2D eigenvalue weighted by Gasteiger charge is 2.40. The lowest BCUT2D eigenvalue weighted by Crippen LogP contribution is -2.42. The van der Waals surface area contributed by atoms with E-state index in [4.69, 9.17) is 6.42 Å². The van der Waals surface area contributed by atoms with Crippen LogP contribution in [-0.4, -0.2) is 27.7 Å². The molecule has 2 heterocycles. The first-order chi connectivity index (χ1) is 12.1. The van der Waals surface area contributed by atoms with Crippen molar-refractivity contribution in [1.29, 1.82) is 0 Å². The van der Waals surface area contributed by atoms with Crippen LogP contribution in [0, 0.1) is 12.3 Å². The Morgan fingerprint density at radius 3 is 2.72 bits per heavy atom. The number of nitrogens with zero attached hydrogens (tertiary/aromatic N) is 3. The van der Waals surface area contributed by atoms with Crippen LogP contribution in [0.5, 0.6) is 0 Å². The van der Waals surface area contributed by atoms with E-state index in [1.807, 2.05) is 12.1 Å². The summed E-state index contributed by atoms with van der Waals surface area (Å²) in [6.07, 6.45) is 13.8. The number of rotatable bonds is 7. The van der Waals surface area contributed by atoms with Gasteiger partial charge in [-0.05, 0) is 31.7 Å². The fraction of sp³-hybridized carbons (Fsp3) is 0.579. The van der Waals surface area contributed by atoms with Crippen LogP contribution in [0.15, 0.2) is 34.8 Å². The number of hydrogen-bond acceptors (Lipinski definition) is 5. The van der Waals surface area contributed by atoms with Crippen molar-refractivity contribution < 1.29 is 9.90 Å². The maximum Gasteiger partial charge on any atom is 0.220 e. The van der Waals surface area contributed by atoms with Gasteiger partial charge in [0, 0.05) is 49.7 Å². The molecule has 0 aromatic carbocycles. The Morgan fingerprint density at radius 1 is 1.36 bits per heavy atom. The second-order valence-corrected chi connectivity index (χ2v) is 7.00. The standard InChI is InChI=1S/C19H24N4O2/c1-2-3-9-19(22-23-19)12-8-17(24)21-16-6-10-18(25,11-7-16)15-5-4-13-20-14-15/h1,4-5,13-14,16,25H,3,6-12H2,(H,21,24). The first-order valence-corrected chi connectivity index (χ1v) is 8.85. The molecule has 3 rings (SSSR count). The number of terminal acetylenes is 1. The van der Waals surface area contributed by atoms with Crippen molar-refractivity contribution in [1.82, 2.24) is 10.3 Å².